The van der Waals surface area contributed by atoms with E-state index in [4.69, 9.17) is 9.47 Å². The molecule has 4 heteroatoms. The molecule has 2 aromatic rings. The van der Waals surface area contributed by atoms with Gasteiger partial charge in [-0.25, -0.2) is 9.59 Å². The summed E-state index contributed by atoms with van der Waals surface area (Å²) >= 11 is 0. The molecule has 1 aliphatic carbocycles. The molecule has 0 aromatic heterocycles. The summed E-state index contributed by atoms with van der Waals surface area (Å²) in [6.45, 7) is 3.72. The number of carbonyl (C=O) groups excluding carboxylic acids is 2. The van der Waals surface area contributed by atoms with Crippen molar-refractivity contribution < 1.29 is 19.1 Å². The minimum Gasteiger partial charge on any atom is -0.462 e. The summed E-state index contributed by atoms with van der Waals surface area (Å²) in [6, 6.07) is 15.7. The molecule has 126 valence electrons. The minimum atomic E-state index is -0.727. The van der Waals surface area contributed by atoms with Gasteiger partial charge in [-0.2, -0.15) is 0 Å². The molecule has 0 atom stereocenters. The first-order valence-electron chi connectivity index (χ1n) is 8.21. The van der Waals surface area contributed by atoms with Crippen molar-refractivity contribution >= 4 is 17.5 Å². The second-order valence-corrected chi connectivity index (χ2v) is 5.41. The fraction of sp³-hybridized carbons (Fsp3) is 0.190. The van der Waals surface area contributed by atoms with Crippen LogP contribution in [0.2, 0.25) is 0 Å². The molecule has 0 amide bonds. The van der Waals surface area contributed by atoms with Crippen LogP contribution in [-0.2, 0) is 19.1 Å². The van der Waals surface area contributed by atoms with Crippen molar-refractivity contribution in [2.75, 3.05) is 13.2 Å². The number of ether oxygens (including phenoxy) is 2. The molecular weight excluding hydrogens is 316 g/mol. The van der Waals surface area contributed by atoms with Crippen LogP contribution >= 0.6 is 0 Å². The van der Waals surface area contributed by atoms with Crippen LogP contribution in [0, 0.1) is 0 Å². The van der Waals surface area contributed by atoms with Crippen molar-refractivity contribution in [3.8, 4) is 11.1 Å². The topological polar surface area (TPSA) is 52.6 Å². The second kappa shape index (κ2) is 7.20. The molecule has 0 N–H and O–H groups in total. The van der Waals surface area contributed by atoms with Crippen molar-refractivity contribution in [1.82, 2.24) is 0 Å². The smallest absolute Gasteiger partial charge is 0.353 e. The average Bonchev–Trinajstić information content (AvgIpc) is 2.94. The van der Waals surface area contributed by atoms with Gasteiger partial charge in [0.15, 0.2) is 5.57 Å². The van der Waals surface area contributed by atoms with Crippen LogP contribution in [0.25, 0.3) is 16.7 Å². The van der Waals surface area contributed by atoms with Crippen LogP contribution < -0.4 is 0 Å². The monoisotopic (exact) mass is 334 g/mol. The lowest BCUT2D eigenvalue weighted by Crippen LogP contribution is -2.17. The molecule has 1 aliphatic rings. The normalized spacial score (nSPS) is 11.2. The number of hydrogen-bond donors (Lipinski definition) is 0. The second-order valence-electron chi connectivity index (χ2n) is 5.41. The number of rotatable bonds is 4. The van der Waals surface area contributed by atoms with E-state index in [9.17, 15) is 9.59 Å². The number of esters is 2. The third kappa shape index (κ3) is 3.12. The summed E-state index contributed by atoms with van der Waals surface area (Å²) in [4.78, 5) is 24.5. The highest BCUT2D eigenvalue weighted by atomic mass is 16.6. The molecule has 4 nitrogen and oxygen atoms in total. The van der Waals surface area contributed by atoms with Gasteiger partial charge in [-0.05, 0) is 36.1 Å². The summed E-state index contributed by atoms with van der Waals surface area (Å²) in [6.07, 6.45) is 0. The maximum atomic E-state index is 12.2. The molecule has 3 rings (SSSR count). The van der Waals surface area contributed by atoms with Crippen LogP contribution in [0.15, 0.2) is 59.8 Å². The molecule has 0 fully saturated rings. The van der Waals surface area contributed by atoms with Gasteiger partial charge in [0.25, 0.3) is 0 Å². The molecule has 0 heterocycles. The standard InChI is InChI=1S/C21H18O4/c1-3-24-20(22)19(21(23)25-4-2)13-18-16-11-7-5-9-14(16)15-10-6-8-12-17(15)18/h5-12H,3-4H2,1-2H3. The first kappa shape index (κ1) is 16.7. The van der Waals surface area contributed by atoms with Crippen LogP contribution in [0.3, 0.4) is 0 Å². The van der Waals surface area contributed by atoms with Crippen LogP contribution in [0.4, 0.5) is 0 Å². The van der Waals surface area contributed by atoms with Gasteiger partial charge in [0.2, 0.25) is 0 Å². The lowest BCUT2D eigenvalue weighted by atomic mass is 10.0. The molecule has 0 saturated carbocycles. The predicted octanol–water partition coefficient (Wildman–Crippen LogP) is 3.75. The van der Waals surface area contributed by atoms with E-state index < -0.39 is 11.9 Å². The Morgan fingerprint density at radius 2 is 1.16 bits per heavy atom. The molecule has 25 heavy (non-hydrogen) atoms. The number of carbonyl (C=O) groups is 2. The number of fused-ring (bicyclic) bond motifs is 3. The fourth-order valence-corrected chi connectivity index (χ4v) is 2.87. The molecule has 0 spiro atoms. The Labute approximate surface area is 146 Å². The highest BCUT2D eigenvalue weighted by molar-refractivity contribution is 6.15. The summed E-state index contributed by atoms with van der Waals surface area (Å²) in [5.41, 5.74) is 7.41. The Hall–Kier alpha value is -3.10. The van der Waals surface area contributed by atoms with E-state index in [1.54, 1.807) is 13.8 Å². The van der Waals surface area contributed by atoms with Crippen molar-refractivity contribution in [1.29, 1.82) is 0 Å². The van der Waals surface area contributed by atoms with E-state index in [0.717, 1.165) is 22.3 Å². The highest BCUT2D eigenvalue weighted by Gasteiger charge is 2.26. The zero-order valence-corrected chi connectivity index (χ0v) is 14.2. The van der Waals surface area contributed by atoms with E-state index in [1.807, 2.05) is 48.5 Å². The number of hydrogen-bond acceptors (Lipinski definition) is 4. The Bertz CT molecular complexity index is 834. The molecule has 0 saturated heterocycles. The zero-order valence-electron chi connectivity index (χ0n) is 14.2. The van der Waals surface area contributed by atoms with Crippen LogP contribution in [0.5, 0.6) is 0 Å². The predicted molar refractivity (Wildman–Crippen MR) is 94.7 cm³/mol. The van der Waals surface area contributed by atoms with Gasteiger partial charge in [0, 0.05) is 5.57 Å². The Morgan fingerprint density at radius 1 is 0.760 bits per heavy atom. The van der Waals surface area contributed by atoms with Crippen LogP contribution in [-0.4, -0.2) is 25.2 Å². The minimum absolute atomic E-state index is 0.173. The van der Waals surface area contributed by atoms with E-state index in [-0.39, 0.29) is 18.8 Å². The van der Waals surface area contributed by atoms with E-state index in [1.165, 1.54) is 0 Å². The molecule has 0 aliphatic heterocycles. The molecule has 0 bridgehead atoms. The molecular formula is C21H18O4. The maximum absolute atomic E-state index is 12.2. The average molecular weight is 334 g/mol. The Balaban J connectivity index is 2.27. The molecule has 0 radical (unpaired) electrons. The molecule has 2 aromatic carbocycles. The zero-order chi connectivity index (χ0) is 17.8. The largest absolute Gasteiger partial charge is 0.462 e. The van der Waals surface area contributed by atoms with Crippen molar-refractivity contribution in [3.63, 3.8) is 0 Å². The van der Waals surface area contributed by atoms with Gasteiger partial charge < -0.3 is 9.47 Å². The van der Waals surface area contributed by atoms with Gasteiger partial charge in [0.05, 0.1) is 13.2 Å². The maximum Gasteiger partial charge on any atom is 0.353 e. The third-order valence-corrected chi connectivity index (χ3v) is 3.89. The SMILES string of the molecule is CCOC(=O)C(=C=C1c2ccccc2-c2ccccc21)C(=O)OCC. The van der Waals surface area contributed by atoms with Gasteiger partial charge in [0.1, 0.15) is 0 Å². The van der Waals surface area contributed by atoms with Gasteiger partial charge in [-0.3, -0.25) is 0 Å². The fourth-order valence-electron chi connectivity index (χ4n) is 2.87. The van der Waals surface area contributed by atoms with Crippen molar-refractivity contribution in [3.05, 3.63) is 71.0 Å². The van der Waals surface area contributed by atoms with Gasteiger partial charge in [-0.1, -0.05) is 54.3 Å². The summed E-state index contributed by atoms with van der Waals surface area (Å²) in [5.74, 6) is -1.45. The van der Waals surface area contributed by atoms with E-state index in [0.29, 0.717) is 5.57 Å². The lowest BCUT2D eigenvalue weighted by Gasteiger charge is -2.05. The highest BCUT2D eigenvalue weighted by Crippen LogP contribution is 2.43. The Kier molecular flexibility index (Phi) is 4.82. The third-order valence-electron chi connectivity index (χ3n) is 3.89. The molecule has 0 unspecified atom stereocenters. The lowest BCUT2D eigenvalue weighted by molar-refractivity contribution is -0.146. The summed E-state index contributed by atoms with van der Waals surface area (Å²) < 4.78 is 10.0. The summed E-state index contributed by atoms with van der Waals surface area (Å²) in [7, 11) is 0. The van der Waals surface area contributed by atoms with Crippen molar-refractivity contribution in [2.24, 2.45) is 0 Å². The first-order chi connectivity index (χ1) is 12.2. The first-order valence-corrected chi connectivity index (χ1v) is 8.21. The van der Waals surface area contributed by atoms with Gasteiger partial charge in [-0.15, -0.1) is 0 Å². The summed E-state index contributed by atoms with van der Waals surface area (Å²) in [5, 5.41) is 0. The Morgan fingerprint density at radius 3 is 1.56 bits per heavy atom. The van der Waals surface area contributed by atoms with E-state index in [2.05, 4.69) is 5.73 Å². The number of benzene rings is 2. The van der Waals surface area contributed by atoms with E-state index >= 15 is 0 Å². The quantitative estimate of drug-likeness (QED) is 0.240. The van der Waals surface area contributed by atoms with Crippen LogP contribution in [0.1, 0.15) is 25.0 Å². The van der Waals surface area contributed by atoms with Crippen molar-refractivity contribution in [2.45, 2.75) is 13.8 Å². The van der Waals surface area contributed by atoms with Gasteiger partial charge >= 0.3 is 11.9 Å².